The summed E-state index contributed by atoms with van der Waals surface area (Å²) in [5.41, 5.74) is 0. The molecule has 0 spiro atoms. The lowest BCUT2D eigenvalue weighted by molar-refractivity contribution is -0.142. The second-order valence-corrected chi connectivity index (χ2v) is 5.10. The van der Waals surface area contributed by atoms with Crippen LogP contribution in [0.2, 0.25) is 0 Å². The molecular formula is C15H31NO2. The zero-order valence-electron chi connectivity index (χ0n) is 12.6. The topological polar surface area (TPSA) is 38.3 Å². The van der Waals surface area contributed by atoms with Crippen molar-refractivity contribution in [3.8, 4) is 0 Å². The Kier molecular flexibility index (Phi) is 11.2. The molecule has 1 N–H and O–H groups in total. The number of esters is 1. The van der Waals surface area contributed by atoms with Gasteiger partial charge in [-0.1, -0.05) is 52.4 Å². The molecule has 3 heteroatoms. The van der Waals surface area contributed by atoms with Crippen molar-refractivity contribution in [3.63, 3.8) is 0 Å². The molecule has 0 aliphatic carbocycles. The van der Waals surface area contributed by atoms with Crippen molar-refractivity contribution in [1.82, 2.24) is 5.32 Å². The van der Waals surface area contributed by atoms with Crippen LogP contribution in [0.25, 0.3) is 0 Å². The molecule has 0 radical (unpaired) electrons. The maximum atomic E-state index is 11.4. The van der Waals surface area contributed by atoms with E-state index >= 15 is 0 Å². The highest BCUT2D eigenvalue weighted by Gasteiger charge is 2.17. The average molecular weight is 257 g/mol. The number of methoxy groups -OCH3 is 1. The van der Waals surface area contributed by atoms with Crippen LogP contribution in [0.5, 0.6) is 0 Å². The van der Waals surface area contributed by atoms with E-state index in [1.807, 2.05) is 6.92 Å². The van der Waals surface area contributed by atoms with Gasteiger partial charge < -0.3 is 10.1 Å². The van der Waals surface area contributed by atoms with Crippen LogP contribution in [0.15, 0.2) is 0 Å². The first-order valence-corrected chi connectivity index (χ1v) is 7.49. The molecule has 0 aromatic rings. The van der Waals surface area contributed by atoms with Crippen LogP contribution in [-0.2, 0) is 9.53 Å². The van der Waals surface area contributed by atoms with Crippen LogP contribution in [0.1, 0.15) is 72.1 Å². The molecule has 3 nitrogen and oxygen atoms in total. The molecule has 0 heterocycles. The summed E-state index contributed by atoms with van der Waals surface area (Å²) in [6.07, 6.45) is 9.86. The number of hydrogen-bond acceptors (Lipinski definition) is 3. The van der Waals surface area contributed by atoms with E-state index in [1.54, 1.807) is 0 Å². The average Bonchev–Trinajstić information content (AvgIpc) is 2.37. The quantitative estimate of drug-likeness (QED) is 0.453. The number of nitrogens with one attached hydrogen (secondary N) is 1. The second kappa shape index (κ2) is 11.5. The number of carbonyl (C=O) groups is 1. The highest BCUT2D eigenvalue weighted by Crippen LogP contribution is 2.12. The molecule has 0 aromatic carbocycles. The van der Waals surface area contributed by atoms with Gasteiger partial charge in [0.2, 0.25) is 0 Å². The molecular weight excluding hydrogens is 226 g/mol. The zero-order chi connectivity index (χ0) is 13.8. The third-order valence-electron chi connectivity index (χ3n) is 3.35. The third-order valence-corrected chi connectivity index (χ3v) is 3.35. The first-order chi connectivity index (χ1) is 8.65. The second-order valence-electron chi connectivity index (χ2n) is 5.10. The zero-order valence-corrected chi connectivity index (χ0v) is 12.6. The van der Waals surface area contributed by atoms with E-state index in [2.05, 4.69) is 19.2 Å². The van der Waals surface area contributed by atoms with Crippen molar-refractivity contribution in [2.75, 3.05) is 7.11 Å². The minimum atomic E-state index is -0.191. The van der Waals surface area contributed by atoms with Gasteiger partial charge in [-0.15, -0.1) is 0 Å². The Hall–Kier alpha value is -0.570. The molecule has 0 saturated heterocycles. The molecule has 0 aliphatic rings. The predicted octanol–water partition coefficient (Wildman–Crippen LogP) is 3.67. The Morgan fingerprint density at radius 2 is 1.56 bits per heavy atom. The number of unbranched alkanes of at least 4 members (excludes halogenated alkanes) is 4. The molecule has 18 heavy (non-hydrogen) atoms. The van der Waals surface area contributed by atoms with E-state index in [9.17, 15) is 4.79 Å². The molecule has 0 bridgehead atoms. The van der Waals surface area contributed by atoms with Gasteiger partial charge in [-0.05, 0) is 19.8 Å². The van der Waals surface area contributed by atoms with E-state index in [1.165, 1.54) is 58.5 Å². The van der Waals surface area contributed by atoms with Crippen LogP contribution in [-0.4, -0.2) is 25.2 Å². The lowest BCUT2D eigenvalue weighted by atomic mass is 10.0. The van der Waals surface area contributed by atoms with E-state index in [0.29, 0.717) is 6.04 Å². The summed E-state index contributed by atoms with van der Waals surface area (Å²) >= 11 is 0. The summed E-state index contributed by atoms with van der Waals surface area (Å²) in [6.45, 7) is 6.33. The van der Waals surface area contributed by atoms with Crippen LogP contribution < -0.4 is 5.32 Å². The molecule has 0 rings (SSSR count). The van der Waals surface area contributed by atoms with Crippen molar-refractivity contribution in [2.24, 2.45) is 0 Å². The number of rotatable bonds is 11. The number of carbonyl (C=O) groups excluding carboxylic acids is 1. The number of hydrogen-bond donors (Lipinski definition) is 1. The monoisotopic (exact) mass is 257 g/mol. The van der Waals surface area contributed by atoms with E-state index in [4.69, 9.17) is 4.74 Å². The fourth-order valence-electron chi connectivity index (χ4n) is 2.19. The fraction of sp³-hybridized carbons (Fsp3) is 0.933. The lowest BCUT2D eigenvalue weighted by Gasteiger charge is -2.22. The largest absolute Gasteiger partial charge is 0.468 e. The standard InChI is InChI=1S/C15H31NO2/c1-5-7-9-11-14(12-10-8-6-2)16-13(3)15(17)18-4/h13-14,16H,5-12H2,1-4H3. The highest BCUT2D eigenvalue weighted by molar-refractivity contribution is 5.75. The minimum Gasteiger partial charge on any atom is -0.468 e. The van der Waals surface area contributed by atoms with E-state index in [0.717, 1.165) is 0 Å². The van der Waals surface area contributed by atoms with Crippen molar-refractivity contribution >= 4 is 5.97 Å². The maximum absolute atomic E-state index is 11.4. The Labute approximate surface area is 113 Å². The van der Waals surface area contributed by atoms with Crippen LogP contribution in [0.3, 0.4) is 0 Å². The van der Waals surface area contributed by atoms with E-state index < -0.39 is 0 Å². The fourth-order valence-corrected chi connectivity index (χ4v) is 2.19. The number of ether oxygens (including phenoxy) is 1. The van der Waals surface area contributed by atoms with Crippen molar-refractivity contribution in [3.05, 3.63) is 0 Å². The Bertz CT molecular complexity index is 197. The van der Waals surface area contributed by atoms with Crippen molar-refractivity contribution in [2.45, 2.75) is 84.2 Å². The summed E-state index contributed by atoms with van der Waals surface area (Å²) in [7, 11) is 1.45. The first kappa shape index (κ1) is 17.4. The van der Waals surface area contributed by atoms with E-state index in [-0.39, 0.29) is 12.0 Å². The predicted molar refractivity (Wildman–Crippen MR) is 76.7 cm³/mol. The van der Waals surface area contributed by atoms with Gasteiger partial charge >= 0.3 is 5.97 Å². The van der Waals surface area contributed by atoms with Gasteiger partial charge in [-0.3, -0.25) is 4.79 Å². The third kappa shape index (κ3) is 8.51. The minimum absolute atomic E-state index is 0.161. The smallest absolute Gasteiger partial charge is 0.322 e. The normalized spacial score (nSPS) is 12.7. The van der Waals surface area contributed by atoms with Gasteiger partial charge in [-0.25, -0.2) is 0 Å². The molecule has 1 atom stereocenters. The Balaban J connectivity index is 4.05. The summed E-state index contributed by atoms with van der Waals surface area (Å²) in [5.74, 6) is -0.161. The molecule has 0 fully saturated rings. The van der Waals surface area contributed by atoms with Crippen LogP contribution in [0.4, 0.5) is 0 Å². The highest BCUT2D eigenvalue weighted by atomic mass is 16.5. The van der Waals surface area contributed by atoms with Gasteiger partial charge in [0.1, 0.15) is 6.04 Å². The lowest BCUT2D eigenvalue weighted by Crippen LogP contribution is -2.42. The summed E-state index contributed by atoms with van der Waals surface area (Å²) < 4.78 is 4.76. The molecule has 0 amide bonds. The molecule has 108 valence electrons. The van der Waals surface area contributed by atoms with Gasteiger partial charge in [0.05, 0.1) is 7.11 Å². The molecule has 0 aromatic heterocycles. The summed E-state index contributed by atoms with van der Waals surface area (Å²) in [5, 5.41) is 3.41. The van der Waals surface area contributed by atoms with Crippen LogP contribution >= 0.6 is 0 Å². The molecule has 0 aliphatic heterocycles. The molecule has 1 unspecified atom stereocenters. The van der Waals surface area contributed by atoms with Gasteiger partial charge in [0.15, 0.2) is 0 Å². The van der Waals surface area contributed by atoms with Gasteiger partial charge in [0, 0.05) is 6.04 Å². The van der Waals surface area contributed by atoms with Gasteiger partial charge in [0.25, 0.3) is 0 Å². The summed E-state index contributed by atoms with van der Waals surface area (Å²) in [6, 6.07) is 0.264. The Morgan fingerprint density at radius 3 is 1.94 bits per heavy atom. The Morgan fingerprint density at radius 1 is 1.06 bits per heavy atom. The van der Waals surface area contributed by atoms with Crippen LogP contribution in [0, 0.1) is 0 Å². The van der Waals surface area contributed by atoms with Crippen molar-refractivity contribution in [1.29, 1.82) is 0 Å². The van der Waals surface area contributed by atoms with Crippen molar-refractivity contribution < 1.29 is 9.53 Å². The SMILES string of the molecule is CCCCCC(CCCCC)NC(C)C(=O)OC. The molecule has 0 saturated carbocycles. The summed E-state index contributed by atoms with van der Waals surface area (Å²) in [4.78, 5) is 11.4. The van der Waals surface area contributed by atoms with Gasteiger partial charge in [-0.2, -0.15) is 0 Å². The first-order valence-electron chi connectivity index (χ1n) is 7.49. The maximum Gasteiger partial charge on any atom is 0.322 e.